The van der Waals surface area contributed by atoms with E-state index in [9.17, 15) is 4.79 Å². The number of amides is 2. The Balaban J connectivity index is 1.48. The summed E-state index contributed by atoms with van der Waals surface area (Å²) in [5.74, 6) is 0.108. The lowest BCUT2D eigenvalue weighted by molar-refractivity contribution is 0.206. The van der Waals surface area contributed by atoms with Gasteiger partial charge in [0.25, 0.3) is 0 Å². The topological polar surface area (TPSA) is 48.1 Å². The number of fused-ring (bicyclic) bond motifs is 1. The minimum Gasteiger partial charge on any atom is -0.361 e. The molecule has 2 N–H and O–H groups in total. The fourth-order valence-corrected chi connectivity index (χ4v) is 4.61. The summed E-state index contributed by atoms with van der Waals surface area (Å²) in [7, 11) is 1.82. The third kappa shape index (κ3) is 4.54. The lowest BCUT2D eigenvalue weighted by Gasteiger charge is -2.21. The number of benzene rings is 2. The van der Waals surface area contributed by atoms with E-state index >= 15 is 0 Å². The molecule has 0 radical (unpaired) electrons. The van der Waals surface area contributed by atoms with Gasteiger partial charge in [-0.15, -0.1) is 11.3 Å². The molecule has 4 rings (SSSR count). The van der Waals surface area contributed by atoms with Crippen molar-refractivity contribution in [3.63, 3.8) is 0 Å². The highest BCUT2D eigenvalue weighted by atomic mass is 79.9. The van der Waals surface area contributed by atoms with Crippen LogP contribution in [0.4, 0.5) is 4.79 Å². The Bertz CT molecular complexity index is 1090. The van der Waals surface area contributed by atoms with Gasteiger partial charge in [-0.2, -0.15) is 0 Å². The fraction of sp³-hybridized carbons (Fsp3) is 0.174. The van der Waals surface area contributed by atoms with Crippen molar-refractivity contribution >= 4 is 44.2 Å². The first-order chi connectivity index (χ1) is 14.1. The average molecular weight is 468 g/mol. The third-order valence-corrected chi connectivity index (χ3v) is 6.54. The van der Waals surface area contributed by atoms with E-state index in [1.54, 1.807) is 16.2 Å². The summed E-state index contributed by atoms with van der Waals surface area (Å²) in [5.41, 5.74) is 3.42. The van der Waals surface area contributed by atoms with E-state index < -0.39 is 0 Å². The summed E-state index contributed by atoms with van der Waals surface area (Å²) < 4.78 is 1.03. The molecule has 0 saturated heterocycles. The number of hydrogen-bond acceptors (Lipinski definition) is 2. The predicted octanol–water partition coefficient (Wildman–Crippen LogP) is 5.97. The van der Waals surface area contributed by atoms with Gasteiger partial charge < -0.3 is 15.2 Å². The van der Waals surface area contributed by atoms with E-state index in [1.807, 2.05) is 37.4 Å². The smallest absolute Gasteiger partial charge is 0.317 e. The van der Waals surface area contributed by atoms with Crippen LogP contribution in [0.1, 0.15) is 21.9 Å². The molecule has 0 aliphatic rings. The molecule has 2 amide bonds. The van der Waals surface area contributed by atoms with E-state index in [0.717, 1.165) is 15.6 Å². The molecule has 2 aromatic carbocycles. The summed E-state index contributed by atoms with van der Waals surface area (Å²) >= 11 is 5.16. The first-order valence-electron chi connectivity index (χ1n) is 9.44. The molecule has 0 aliphatic carbocycles. The number of aromatic amines is 1. The van der Waals surface area contributed by atoms with Gasteiger partial charge in [-0.25, -0.2) is 4.79 Å². The number of thiophene rings is 1. The predicted molar refractivity (Wildman–Crippen MR) is 123 cm³/mol. The van der Waals surface area contributed by atoms with Gasteiger partial charge in [0.2, 0.25) is 0 Å². The van der Waals surface area contributed by atoms with Crippen molar-refractivity contribution in [3.8, 4) is 0 Å². The van der Waals surface area contributed by atoms with Gasteiger partial charge in [-0.1, -0.05) is 52.3 Å². The van der Waals surface area contributed by atoms with Crippen LogP contribution in [0.15, 0.2) is 76.7 Å². The molecule has 1 atom stereocenters. The number of urea groups is 1. The zero-order chi connectivity index (χ0) is 20.2. The van der Waals surface area contributed by atoms with Gasteiger partial charge in [-0.05, 0) is 40.8 Å². The van der Waals surface area contributed by atoms with E-state index in [4.69, 9.17) is 0 Å². The number of nitrogens with zero attached hydrogens (tertiary/aromatic N) is 1. The Morgan fingerprint density at radius 1 is 1.14 bits per heavy atom. The quantitative estimate of drug-likeness (QED) is 0.360. The summed E-state index contributed by atoms with van der Waals surface area (Å²) in [4.78, 5) is 19.0. The van der Waals surface area contributed by atoms with Crippen LogP contribution in [0.2, 0.25) is 0 Å². The summed E-state index contributed by atoms with van der Waals surface area (Å²) in [6.45, 7) is 1.11. The maximum atomic E-state index is 12.7. The normalized spacial score (nSPS) is 12.1. The highest BCUT2D eigenvalue weighted by Crippen LogP contribution is 2.32. The van der Waals surface area contributed by atoms with Crippen molar-refractivity contribution in [1.82, 2.24) is 15.2 Å². The Kier molecular flexibility index (Phi) is 6.02. The van der Waals surface area contributed by atoms with Gasteiger partial charge in [0.15, 0.2) is 0 Å². The minimum atomic E-state index is -0.0747. The van der Waals surface area contributed by atoms with Crippen LogP contribution in [0.5, 0.6) is 0 Å². The van der Waals surface area contributed by atoms with Crippen LogP contribution in [0, 0.1) is 0 Å². The molecular formula is C23H22BrN3OS. The Morgan fingerprint density at radius 3 is 2.69 bits per heavy atom. The number of para-hydroxylation sites is 1. The van der Waals surface area contributed by atoms with E-state index in [-0.39, 0.29) is 11.9 Å². The second-order valence-electron chi connectivity index (χ2n) is 7.03. The van der Waals surface area contributed by atoms with Crippen molar-refractivity contribution in [2.45, 2.75) is 12.5 Å². The van der Waals surface area contributed by atoms with Crippen LogP contribution in [-0.4, -0.2) is 29.5 Å². The van der Waals surface area contributed by atoms with E-state index in [2.05, 4.69) is 68.1 Å². The molecule has 0 fully saturated rings. The van der Waals surface area contributed by atoms with Gasteiger partial charge in [0.1, 0.15) is 0 Å². The second kappa shape index (κ2) is 8.84. The first-order valence-corrected chi connectivity index (χ1v) is 11.1. The molecule has 2 heterocycles. The molecule has 148 valence electrons. The average Bonchev–Trinajstić information content (AvgIpc) is 3.40. The molecule has 1 unspecified atom stereocenters. The molecule has 0 saturated carbocycles. The zero-order valence-electron chi connectivity index (χ0n) is 16.1. The maximum Gasteiger partial charge on any atom is 0.317 e. The number of hydrogen-bond donors (Lipinski definition) is 2. The van der Waals surface area contributed by atoms with E-state index in [0.29, 0.717) is 13.1 Å². The largest absolute Gasteiger partial charge is 0.361 e. The van der Waals surface area contributed by atoms with Gasteiger partial charge in [0.05, 0.1) is 0 Å². The van der Waals surface area contributed by atoms with Crippen LogP contribution >= 0.6 is 27.3 Å². The van der Waals surface area contributed by atoms with Crippen molar-refractivity contribution in [2.75, 3.05) is 13.6 Å². The number of nitrogens with one attached hydrogen (secondary N) is 2. The third-order valence-electron chi connectivity index (χ3n) is 5.02. The van der Waals surface area contributed by atoms with Crippen LogP contribution in [0.25, 0.3) is 10.9 Å². The van der Waals surface area contributed by atoms with Gasteiger partial charge in [0, 0.05) is 52.5 Å². The fourth-order valence-electron chi connectivity index (χ4n) is 3.50. The lowest BCUT2D eigenvalue weighted by atomic mass is 9.97. The summed E-state index contributed by atoms with van der Waals surface area (Å²) in [6, 6.07) is 20.4. The zero-order valence-corrected chi connectivity index (χ0v) is 18.5. The van der Waals surface area contributed by atoms with Crippen LogP contribution < -0.4 is 5.32 Å². The monoisotopic (exact) mass is 467 g/mol. The second-order valence-corrected chi connectivity index (χ2v) is 8.92. The number of H-pyrrole nitrogens is 1. The van der Waals surface area contributed by atoms with Crippen molar-refractivity contribution in [2.24, 2.45) is 0 Å². The summed E-state index contributed by atoms with van der Waals surface area (Å²) in [6.07, 6.45) is 2.06. The molecule has 2 aromatic heterocycles. The molecule has 0 bridgehead atoms. The van der Waals surface area contributed by atoms with Gasteiger partial charge in [-0.3, -0.25) is 0 Å². The molecule has 29 heavy (non-hydrogen) atoms. The first kappa shape index (κ1) is 19.7. The number of carbonyl (C=O) groups is 1. The van der Waals surface area contributed by atoms with Crippen LogP contribution in [-0.2, 0) is 6.54 Å². The number of rotatable bonds is 6. The van der Waals surface area contributed by atoms with Crippen molar-refractivity contribution in [3.05, 3.63) is 92.7 Å². The molecule has 4 aromatic rings. The number of carbonyl (C=O) groups excluding carboxylic acids is 1. The molecule has 0 spiro atoms. The van der Waals surface area contributed by atoms with Crippen molar-refractivity contribution in [1.29, 1.82) is 0 Å². The van der Waals surface area contributed by atoms with E-state index in [1.165, 1.54) is 15.8 Å². The number of aromatic nitrogens is 1. The Morgan fingerprint density at radius 2 is 1.93 bits per heavy atom. The Labute approximate surface area is 182 Å². The highest BCUT2D eigenvalue weighted by Gasteiger charge is 2.20. The highest BCUT2D eigenvalue weighted by molar-refractivity contribution is 9.10. The number of halogens is 1. The Hall–Kier alpha value is -2.57. The minimum absolute atomic E-state index is 0.0747. The lowest BCUT2D eigenvalue weighted by Crippen LogP contribution is -2.38. The molecular weight excluding hydrogens is 446 g/mol. The van der Waals surface area contributed by atoms with Crippen molar-refractivity contribution < 1.29 is 4.79 Å². The maximum absolute atomic E-state index is 12.7. The standard InChI is InChI=1S/C23H22BrN3OS/c1-27(15-16-8-10-17(24)11-9-16)23(28)26-14-20(22-7-4-12-29-22)19-13-25-21-6-3-2-5-18(19)21/h2-13,20,25H,14-15H2,1H3,(H,26,28). The summed E-state index contributed by atoms with van der Waals surface area (Å²) in [5, 5.41) is 6.41. The SMILES string of the molecule is CN(Cc1ccc(Br)cc1)C(=O)NCC(c1cccs1)c1c[nH]c2ccccc12. The molecule has 6 heteroatoms. The molecule has 0 aliphatic heterocycles. The van der Waals surface area contributed by atoms with Crippen LogP contribution in [0.3, 0.4) is 0 Å². The molecule has 4 nitrogen and oxygen atoms in total. The van der Waals surface area contributed by atoms with Gasteiger partial charge >= 0.3 is 6.03 Å².